The second-order valence-corrected chi connectivity index (χ2v) is 4.86. The van der Waals surface area contributed by atoms with Gasteiger partial charge in [0.25, 0.3) is 0 Å². The average molecular weight is 297 g/mol. The molecule has 0 unspecified atom stereocenters. The van der Waals surface area contributed by atoms with Gasteiger partial charge in [-0.3, -0.25) is 0 Å². The minimum atomic E-state index is -0.436. The number of imidazole rings is 1. The topological polar surface area (TPSA) is 47.0 Å². The average Bonchev–Trinajstić information content (AvgIpc) is 2.68. The van der Waals surface area contributed by atoms with Crippen molar-refractivity contribution in [3.8, 4) is 0 Å². The maximum Gasteiger partial charge on any atom is 0.356 e. The van der Waals surface area contributed by atoms with Crippen molar-refractivity contribution in [1.29, 1.82) is 0 Å². The number of aromatic amines is 1. The molecular formula is C13H13ClN2O2S. The zero-order valence-corrected chi connectivity index (χ0v) is 12.1. The Hall–Kier alpha value is -1.59. The number of esters is 1. The van der Waals surface area contributed by atoms with Crippen molar-refractivity contribution in [2.45, 2.75) is 6.42 Å². The van der Waals surface area contributed by atoms with Crippen LogP contribution in [-0.4, -0.2) is 22.6 Å². The molecule has 6 heteroatoms. The number of rotatable bonds is 3. The van der Waals surface area contributed by atoms with Crippen LogP contribution in [-0.2, 0) is 18.2 Å². The van der Waals surface area contributed by atoms with Gasteiger partial charge in [-0.05, 0) is 23.8 Å². The molecule has 2 aromatic rings. The van der Waals surface area contributed by atoms with Gasteiger partial charge in [0.1, 0.15) is 5.69 Å². The van der Waals surface area contributed by atoms with Gasteiger partial charge in [-0.1, -0.05) is 29.8 Å². The lowest BCUT2D eigenvalue weighted by Crippen LogP contribution is -2.08. The van der Waals surface area contributed by atoms with Crippen molar-refractivity contribution in [3.05, 3.63) is 51.0 Å². The van der Waals surface area contributed by atoms with Crippen LogP contribution >= 0.6 is 23.8 Å². The Balaban J connectivity index is 2.48. The Morgan fingerprint density at radius 1 is 1.47 bits per heavy atom. The van der Waals surface area contributed by atoms with E-state index >= 15 is 0 Å². The van der Waals surface area contributed by atoms with E-state index in [4.69, 9.17) is 28.6 Å². The highest BCUT2D eigenvalue weighted by Gasteiger charge is 2.18. The first-order valence-electron chi connectivity index (χ1n) is 5.64. The molecule has 0 amide bonds. The maximum absolute atomic E-state index is 11.7. The fraction of sp³-hybridized carbons (Fsp3) is 0.231. The van der Waals surface area contributed by atoms with Crippen molar-refractivity contribution in [1.82, 2.24) is 9.55 Å². The summed E-state index contributed by atoms with van der Waals surface area (Å²) in [6, 6.07) is 7.50. The largest absolute Gasteiger partial charge is 0.464 e. The number of carbonyl (C=O) groups excluding carboxylic acids is 1. The lowest BCUT2D eigenvalue weighted by Gasteiger charge is -2.07. The van der Waals surface area contributed by atoms with Crippen LogP contribution in [0, 0.1) is 4.77 Å². The van der Waals surface area contributed by atoms with Gasteiger partial charge in [0.2, 0.25) is 0 Å². The fourth-order valence-corrected chi connectivity index (χ4v) is 2.27. The number of benzene rings is 1. The molecule has 1 heterocycles. The Bertz CT molecular complexity index is 676. The number of ether oxygens (including phenoxy) is 1. The van der Waals surface area contributed by atoms with E-state index in [1.165, 1.54) is 7.11 Å². The van der Waals surface area contributed by atoms with E-state index in [9.17, 15) is 4.79 Å². The van der Waals surface area contributed by atoms with Gasteiger partial charge in [-0.2, -0.15) is 0 Å². The monoisotopic (exact) mass is 296 g/mol. The van der Waals surface area contributed by atoms with E-state index in [1.54, 1.807) is 11.6 Å². The summed E-state index contributed by atoms with van der Waals surface area (Å²) >= 11 is 11.3. The van der Waals surface area contributed by atoms with Crippen LogP contribution in [0.25, 0.3) is 0 Å². The van der Waals surface area contributed by atoms with Gasteiger partial charge in [0.05, 0.1) is 12.8 Å². The highest BCUT2D eigenvalue weighted by molar-refractivity contribution is 7.71. The Morgan fingerprint density at radius 3 is 2.79 bits per heavy atom. The molecule has 0 spiro atoms. The summed E-state index contributed by atoms with van der Waals surface area (Å²) in [5.74, 6) is -0.436. The number of halogens is 1. The van der Waals surface area contributed by atoms with E-state index in [-0.39, 0.29) is 0 Å². The predicted octanol–water partition coefficient (Wildman–Crippen LogP) is 3.11. The number of nitrogens with zero attached hydrogens (tertiary/aromatic N) is 1. The third-order valence-electron chi connectivity index (χ3n) is 2.94. The van der Waals surface area contributed by atoms with Crippen LogP contribution < -0.4 is 0 Å². The van der Waals surface area contributed by atoms with Crippen LogP contribution in [0.4, 0.5) is 0 Å². The Morgan fingerprint density at radius 2 is 2.16 bits per heavy atom. The van der Waals surface area contributed by atoms with E-state index in [0.29, 0.717) is 21.9 Å². The summed E-state index contributed by atoms with van der Waals surface area (Å²) in [4.78, 5) is 14.6. The molecule has 19 heavy (non-hydrogen) atoms. The number of nitrogens with one attached hydrogen (secondary N) is 1. The first-order chi connectivity index (χ1) is 9.04. The molecule has 0 radical (unpaired) electrons. The molecule has 0 saturated heterocycles. The van der Waals surface area contributed by atoms with Crippen LogP contribution in [0.3, 0.4) is 0 Å². The van der Waals surface area contributed by atoms with Crippen molar-refractivity contribution in [2.24, 2.45) is 7.05 Å². The van der Waals surface area contributed by atoms with Gasteiger partial charge < -0.3 is 14.3 Å². The summed E-state index contributed by atoms with van der Waals surface area (Å²) in [6.07, 6.45) is 0.508. The van der Waals surface area contributed by atoms with E-state index in [2.05, 4.69) is 4.98 Å². The van der Waals surface area contributed by atoms with Crippen LogP contribution in [0.2, 0.25) is 5.02 Å². The van der Waals surface area contributed by atoms with Crippen molar-refractivity contribution in [3.63, 3.8) is 0 Å². The van der Waals surface area contributed by atoms with Crippen LogP contribution in [0.5, 0.6) is 0 Å². The molecule has 1 N–H and O–H groups in total. The van der Waals surface area contributed by atoms with Gasteiger partial charge in [0, 0.05) is 18.5 Å². The summed E-state index contributed by atoms with van der Waals surface area (Å²) in [5, 5.41) is 0.658. The normalized spacial score (nSPS) is 10.5. The summed E-state index contributed by atoms with van der Waals surface area (Å²) in [5.41, 5.74) is 2.05. The first-order valence-corrected chi connectivity index (χ1v) is 6.42. The number of carbonyl (C=O) groups is 1. The second-order valence-electron chi connectivity index (χ2n) is 4.07. The highest BCUT2D eigenvalue weighted by atomic mass is 35.5. The Labute approximate surface area is 121 Å². The molecular weight excluding hydrogens is 284 g/mol. The zero-order chi connectivity index (χ0) is 14.0. The van der Waals surface area contributed by atoms with Crippen molar-refractivity contribution < 1.29 is 9.53 Å². The third-order valence-corrected chi connectivity index (χ3v) is 3.68. The molecule has 0 fully saturated rings. The number of methoxy groups -OCH3 is 1. The summed E-state index contributed by atoms with van der Waals surface area (Å²) in [7, 11) is 3.14. The second kappa shape index (κ2) is 5.59. The van der Waals surface area contributed by atoms with Crippen LogP contribution in [0.15, 0.2) is 24.3 Å². The molecule has 1 aromatic heterocycles. The van der Waals surface area contributed by atoms with E-state index in [0.717, 1.165) is 11.3 Å². The molecule has 0 atom stereocenters. The summed E-state index contributed by atoms with van der Waals surface area (Å²) in [6.45, 7) is 0. The zero-order valence-electron chi connectivity index (χ0n) is 10.6. The molecule has 0 aliphatic heterocycles. The molecule has 0 saturated carbocycles. The van der Waals surface area contributed by atoms with E-state index < -0.39 is 5.97 Å². The molecule has 0 bridgehead atoms. The third kappa shape index (κ3) is 2.72. The lowest BCUT2D eigenvalue weighted by molar-refractivity contribution is 0.0593. The van der Waals surface area contributed by atoms with Crippen LogP contribution in [0.1, 0.15) is 21.7 Å². The smallest absolute Gasteiger partial charge is 0.356 e. The SMILES string of the molecule is COC(=O)c1[nH]c(=S)n(C)c1Cc1ccccc1Cl. The quantitative estimate of drug-likeness (QED) is 0.699. The highest BCUT2D eigenvalue weighted by Crippen LogP contribution is 2.21. The predicted molar refractivity (Wildman–Crippen MR) is 76.2 cm³/mol. The molecule has 2 rings (SSSR count). The van der Waals surface area contributed by atoms with Gasteiger partial charge >= 0.3 is 5.97 Å². The minimum Gasteiger partial charge on any atom is -0.464 e. The van der Waals surface area contributed by atoms with Gasteiger partial charge in [-0.15, -0.1) is 0 Å². The number of hydrogen-bond donors (Lipinski definition) is 1. The fourth-order valence-electron chi connectivity index (χ4n) is 1.85. The molecule has 1 aromatic carbocycles. The molecule has 100 valence electrons. The standard InChI is InChI=1S/C13H13ClN2O2S/c1-16-10(7-8-5-3-4-6-9(8)14)11(12(17)18-2)15-13(16)19/h3-6H,7H2,1-2H3,(H,15,19). The minimum absolute atomic E-state index is 0.370. The molecule has 0 aliphatic carbocycles. The maximum atomic E-state index is 11.7. The lowest BCUT2D eigenvalue weighted by atomic mass is 10.1. The molecule has 4 nitrogen and oxygen atoms in total. The van der Waals surface area contributed by atoms with Crippen molar-refractivity contribution in [2.75, 3.05) is 7.11 Å². The molecule has 0 aliphatic rings. The number of H-pyrrole nitrogens is 1. The number of aromatic nitrogens is 2. The van der Waals surface area contributed by atoms with Gasteiger partial charge in [-0.25, -0.2) is 4.79 Å². The summed E-state index contributed by atoms with van der Waals surface area (Å²) < 4.78 is 6.98. The number of hydrogen-bond acceptors (Lipinski definition) is 3. The van der Waals surface area contributed by atoms with Crippen molar-refractivity contribution >= 4 is 29.8 Å². The first kappa shape index (κ1) is 13.8. The van der Waals surface area contributed by atoms with Gasteiger partial charge in [0.15, 0.2) is 4.77 Å². The Kier molecular flexibility index (Phi) is 4.07. The van der Waals surface area contributed by atoms with E-state index in [1.807, 2.05) is 24.3 Å².